The smallest absolute Gasteiger partial charge is 0.151 e. The normalized spacial score (nSPS) is 31.2. The lowest BCUT2D eigenvalue weighted by atomic mass is 9.93. The minimum Gasteiger partial charge on any atom is -0.365 e. The molecule has 0 aromatic rings. The Kier molecular flexibility index (Phi) is 12.0. The highest BCUT2D eigenvalue weighted by atomic mass is 16.6. The second-order valence-electron chi connectivity index (χ2n) is 10.3. The molecule has 0 saturated carbocycles. The van der Waals surface area contributed by atoms with E-state index in [0.717, 1.165) is 0 Å². The molecule has 1 aliphatic heterocycles. The van der Waals surface area contributed by atoms with Gasteiger partial charge in [-0.15, -0.1) is 0 Å². The van der Waals surface area contributed by atoms with Gasteiger partial charge < -0.3 is 48.6 Å². The van der Waals surface area contributed by atoms with Crippen LogP contribution in [-0.4, -0.2) is 84.8 Å². The highest BCUT2D eigenvalue weighted by Crippen LogP contribution is 2.35. The molecule has 1 heterocycles. The van der Waals surface area contributed by atoms with Gasteiger partial charge >= 0.3 is 0 Å². The lowest BCUT2D eigenvalue weighted by molar-refractivity contribution is -0.305. The monoisotopic (exact) mass is 515 g/mol. The maximum Gasteiger partial charge on any atom is 0.151 e. The first-order valence-corrected chi connectivity index (χ1v) is 12.7. The maximum absolute atomic E-state index is 12.0. The lowest BCUT2D eigenvalue weighted by Crippen LogP contribution is -2.67. The molecule has 10 nitrogen and oxygen atoms in total. The van der Waals surface area contributed by atoms with Crippen LogP contribution in [0.5, 0.6) is 0 Å². The van der Waals surface area contributed by atoms with E-state index in [-0.39, 0.29) is 6.61 Å². The van der Waals surface area contributed by atoms with E-state index in [2.05, 4.69) is 0 Å². The van der Waals surface area contributed by atoms with Crippen molar-refractivity contribution >= 4 is 25.1 Å². The van der Waals surface area contributed by atoms with Crippen LogP contribution in [0, 0.1) is 0 Å². The summed E-state index contributed by atoms with van der Waals surface area (Å²) in [5, 5.41) is 0. The van der Waals surface area contributed by atoms with Crippen LogP contribution in [0.2, 0.25) is 0 Å². The second kappa shape index (κ2) is 13.3. The van der Waals surface area contributed by atoms with E-state index in [9.17, 15) is 19.2 Å². The number of nitrogens with two attached hydrogens (primary N) is 1. The molecule has 10 heteroatoms. The molecular formula is C26H45NO9. The minimum atomic E-state index is -1.23. The van der Waals surface area contributed by atoms with Crippen LogP contribution in [0.15, 0.2) is 0 Å². The third-order valence-corrected chi connectivity index (χ3v) is 7.27. The molecule has 208 valence electrons. The molecule has 4 unspecified atom stereocenters. The molecule has 1 aliphatic rings. The van der Waals surface area contributed by atoms with Gasteiger partial charge in [-0.3, -0.25) is 0 Å². The van der Waals surface area contributed by atoms with Gasteiger partial charge in [0.15, 0.2) is 25.1 Å². The third kappa shape index (κ3) is 7.97. The quantitative estimate of drug-likeness (QED) is 0.287. The summed E-state index contributed by atoms with van der Waals surface area (Å²) in [4.78, 5) is 47.4. The average Bonchev–Trinajstić information content (AvgIpc) is 2.90. The zero-order valence-corrected chi connectivity index (χ0v) is 23.0. The van der Waals surface area contributed by atoms with Gasteiger partial charge in [0.1, 0.15) is 53.0 Å². The standard InChI is InChI=1S/C26H45NO9/c1-9-23(5,14-28)32-13-18-19(34-24(6,10-2)15-29)20(35-25(7,11-3)16-30)21(22(27)33-18)36-26(8,12-4)17-31/h14-22H,9-13,27H2,1-8H3/t18-,19+,20+,21-,22-,23?,24?,25?,26?/m1/s1. The van der Waals surface area contributed by atoms with Gasteiger partial charge in [-0.05, 0) is 53.4 Å². The fraction of sp³-hybridized carbons (Fsp3) is 0.846. The lowest BCUT2D eigenvalue weighted by Gasteiger charge is -2.50. The van der Waals surface area contributed by atoms with Crippen molar-refractivity contribution < 1.29 is 42.9 Å². The number of ether oxygens (including phenoxy) is 5. The molecule has 36 heavy (non-hydrogen) atoms. The Labute approximate surface area is 214 Å². The van der Waals surface area contributed by atoms with Crippen molar-refractivity contribution in [3.05, 3.63) is 0 Å². The first kappa shape index (κ1) is 32.5. The summed E-state index contributed by atoms with van der Waals surface area (Å²) in [6.45, 7) is 13.6. The zero-order chi connectivity index (χ0) is 27.8. The van der Waals surface area contributed by atoms with Crippen molar-refractivity contribution in [2.75, 3.05) is 6.61 Å². The van der Waals surface area contributed by atoms with Crippen LogP contribution in [0.25, 0.3) is 0 Å². The summed E-state index contributed by atoms with van der Waals surface area (Å²) in [5.41, 5.74) is 1.66. The van der Waals surface area contributed by atoms with E-state index in [1.165, 1.54) is 0 Å². The van der Waals surface area contributed by atoms with E-state index < -0.39 is 53.0 Å². The van der Waals surface area contributed by atoms with Crippen LogP contribution >= 0.6 is 0 Å². The fourth-order valence-corrected chi connectivity index (χ4v) is 3.50. The Bertz CT molecular complexity index is 751. The van der Waals surface area contributed by atoms with E-state index in [1.807, 2.05) is 6.92 Å². The zero-order valence-electron chi connectivity index (χ0n) is 23.0. The van der Waals surface area contributed by atoms with Gasteiger partial charge in [0.2, 0.25) is 0 Å². The molecule has 0 aromatic carbocycles. The van der Waals surface area contributed by atoms with Gasteiger partial charge in [0.25, 0.3) is 0 Å². The van der Waals surface area contributed by atoms with Crippen molar-refractivity contribution in [3.8, 4) is 0 Å². The number of aldehydes is 4. The molecule has 0 radical (unpaired) electrons. The molecular weight excluding hydrogens is 470 g/mol. The van der Waals surface area contributed by atoms with Crippen LogP contribution in [0.3, 0.4) is 0 Å². The molecule has 1 fully saturated rings. The van der Waals surface area contributed by atoms with Crippen molar-refractivity contribution in [1.29, 1.82) is 0 Å². The summed E-state index contributed by atoms with van der Waals surface area (Å²) in [6, 6.07) is 0. The van der Waals surface area contributed by atoms with Gasteiger partial charge in [-0.1, -0.05) is 27.7 Å². The summed E-state index contributed by atoms with van der Waals surface area (Å²) in [6.07, 6.45) is -0.791. The Morgan fingerprint density at radius 1 is 0.639 bits per heavy atom. The third-order valence-electron chi connectivity index (χ3n) is 7.27. The largest absolute Gasteiger partial charge is 0.365 e. The summed E-state index contributed by atoms with van der Waals surface area (Å²) >= 11 is 0. The SMILES string of the molecule is CCC(C)(C=O)OC[C@H]1O[C@@H](N)[C@H](OC(C)(C=O)CC)[C@@H](OC(C)(C=O)CC)[C@H]1OC(C)(C=O)CC. The van der Waals surface area contributed by atoms with E-state index in [0.29, 0.717) is 50.8 Å². The van der Waals surface area contributed by atoms with Gasteiger partial charge in [0.05, 0.1) is 6.61 Å². The predicted octanol–water partition coefficient (Wildman–Crippen LogP) is 2.31. The fourth-order valence-electron chi connectivity index (χ4n) is 3.50. The molecule has 0 aliphatic carbocycles. The summed E-state index contributed by atoms with van der Waals surface area (Å²) < 4.78 is 30.8. The second-order valence-corrected chi connectivity index (χ2v) is 10.3. The number of rotatable bonds is 17. The van der Waals surface area contributed by atoms with Crippen molar-refractivity contribution in [1.82, 2.24) is 0 Å². The van der Waals surface area contributed by atoms with E-state index in [1.54, 1.807) is 48.5 Å². The van der Waals surface area contributed by atoms with Crippen LogP contribution in [0.4, 0.5) is 0 Å². The molecule has 0 aromatic heterocycles. The number of carbonyl (C=O) groups excluding carboxylic acids is 4. The number of hydrogen-bond donors (Lipinski definition) is 1. The highest BCUT2D eigenvalue weighted by Gasteiger charge is 2.53. The van der Waals surface area contributed by atoms with Gasteiger partial charge in [-0.2, -0.15) is 0 Å². The summed E-state index contributed by atoms with van der Waals surface area (Å²) in [7, 11) is 0. The van der Waals surface area contributed by atoms with Gasteiger partial charge in [0, 0.05) is 0 Å². The first-order chi connectivity index (χ1) is 16.8. The molecule has 1 rings (SSSR count). The van der Waals surface area contributed by atoms with Crippen LogP contribution in [0.1, 0.15) is 81.1 Å². The predicted molar refractivity (Wildman–Crippen MR) is 132 cm³/mol. The summed E-state index contributed by atoms with van der Waals surface area (Å²) in [5.74, 6) is 0. The molecule has 0 bridgehead atoms. The Morgan fingerprint density at radius 2 is 1.00 bits per heavy atom. The highest BCUT2D eigenvalue weighted by molar-refractivity contribution is 5.63. The van der Waals surface area contributed by atoms with Crippen molar-refractivity contribution in [3.63, 3.8) is 0 Å². The van der Waals surface area contributed by atoms with Crippen LogP contribution < -0.4 is 5.73 Å². The topological polar surface area (TPSA) is 140 Å². The first-order valence-electron chi connectivity index (χ1n) is 12.7. The Morgan fingerprint density at radius 3 is 1.36 bits per heavy atom. The van der Waals surface area contributed by atoms with Crippen molar-refractivity contribution in [2.24, 2.45) is 5.73 Å². The number of hydrogen-bond acceptors (Lipinski definition) is 10. The molecule has 0 amide bonds. The molecule has 1 saturated heterocycles. The average molecular weight is 516 g/mol. The van der Waals surface area contributed by atoms with E-state index >= 15 is 0 Å². The van der Waals surface area contributed by atoms with Crippen LogP contribution in [-0.2, 0) is 42.9 Å². The molecule has 0 spiro atoms. The molecule has 2 N–H and O–H groups in total. The van der Waals surface area contributed by atoms with Gasteiger partial charge in [-0.25, -0.2) is 0 Å². The van der Waals surface area contributed by atoms with Crippen molar-refractivity contribution in [2.45, 2.75) is 134 Å². The maximum atomic E-state index is 12.0. The Hall–Kier alpha value is -1.56. The van der Waals surface area contributed by atoms with E-state index in [4.69, 9.17) is 29.4 Å². The number of carbonyl (C=O) groups is 4. The molecule has 9 atom stereocenters. The Balaban J connectivity index is 3.60. The minimum absolute atomic E-state index is 0.102.